The number of fused-ring (bicyclic) bond motifs is 1. The summed E-state index contributed by atoms with van der Waals surface area (Å²) in [7, 11) is 1.93. The fourth-order valence-corrected chi connectivity index (χ4v) is 4.10. The molecule has 0 aliphatic carbocycles. The van der Waals surface area contributed by atoms with Crippen LogP contribution in [0.15, 0.2) is 28.1 Å². The lowest BCUT2D eigenvalue weighted by molar-refractivity contribution is 0.171. The zero-order valence-electron chi connectivity index (χ0n) is 10.8. The summed E-state index contributed by atoms with van der Waals surface area (Å²) < 4.78 is 12.1. The van der Waals surface area contributed by atoms with Crippen molar-refractivity contribution in [2.24, 2.45) is 0 Å². The summed E-state index contributed by atoms with van der Waals surface area (Å²) in [6.45, 7) is 1.20. The first-order valence-corrected chi connectivity index (χ1v) is 8.19. The molecular formula is C14H13BrClNO2S. The summed E-state index contributed by atoms with van der Waals surface area (Å²) in [6.07, 6.45) is 0. The van der Waals surface area contributed by atoms with Crippen molar-refractivity contribution in [3.05, 3.63) is 43.5 Å². The van der Waals surface area contributed by atoms with Crippen LogP contribution in [0.1, 0.15) is 16.5 Å². The van der Waals surface area contributed by atoms with Crippen LogP contribution in [0.25, 0.3) is 0 Å². The van der Waals surface area contributed by atoms with Crippen LogP contribution < -0.4 is 14.8 Å². The molecule has 2 heterocycles. The molecule has 0 radical (unpaired) electrons. The lowest BCUT2D eigenvalue weighted by Gasteiger charge is -2.21. The highest BCUT2D eigenvalue weighted by molar-refractivity contribution is 9.11. The Morgan fingerprint density at radius 2 is 2.00 bits per heavy atom. The van der Waals surface area contributed by atoms with Crippen molar-refractivity contribution in [1.29, 1.82) is 0 Å². The molecule has 0 saturated carbocycles. The van der Waals surface area contributed by atoms with E-state index in [0.29, 0.717) is 13.2 Å². The summed E-state index contributed by atoms with van der Waals surface area (Å²) in [5.74, 6) is 1.61. The van der Waals surface area contributed by atoms with Gasteiger partial charge in [-0.2, -0.15) is 0 Å². The SMILES string of the molecule is CNC(c1ccc2c(c1)OCCO2)c1cc(Cl)c(Br)s1. The largest absolute Gasteiger partial charge is 0.486 e. The van der Waals surface area contributed by atoms with E-state index < -0.39 is 0 Å². The fourth-order valence-electron chi connectivity index (χ4n) is 2.22. The van der Waals surface area contributed by atoms with Gasteiger partial charge in [-0.25, -0.2) is 0 Å². The monoisotopic (exact) mass is 373 g/mol. The summed E-state index contributed by atoms with van der Waals surface area (Å²) in [5, 5.41) is 4.06. The van der Waals surface area contributed by atoms with Crippen molar-refractivity contribution in [2.45, 2.75) is 6.04 Å². The van der Waals surface area contributed by atoms with E-state index in [9.17, 15) is 0 Å². The van der Waals surface area contributed by atoms with E-state index >= 15 is 0 Å². The van der Waals surface area contributed by atoms with Crippen molar-refractivity contribution < 1.29 is 9.47 Å². The average molecular weight is 375 g/mol. The summed E-state index contributed by atoms with van der Waals surface area (Å²) >= 11 is 11.2. The van der Waals surface area contributed by atoms with Gasteiger partial charge in [-0.05, 0) is 46.7 Å². The molecule has 1 N–H and O–H groups in total. The molecule has 2 aromatic rings. The Labute approximate surface area is 135 Å². The molecule has 0 saturated heterocycles. The van der Waals surface area contributed by atoms with Crippen molar-refractivity contribution >= 4 is 38.9 Å². The van der Waals surface area contributed by atoms with Gasteiger partial charge in [0.25, 0.3) is 0 Å². The molecule has 3 rings (SSSR count). The Morgan fingerprint density at radius 3 is 2.65 bits per heavy atom. The number of hydrogen-bond donors (Lipinski definition) is 1. The molecule has 1 aromatic carbocycles. The van der Waals surface area contributed by atoms with Crippen LogP contribution in [0.5, 0.6) is 11.5 Å². The summed E-state index contributed by atoms with van der Waals surface area (Å²) in [4.78, 5) is 1.15. The van der Waals surface area contributed by atoms with E-state index in [4.69, 9.17) is 21.1 Å². The second-order valence-electron chi connectivity index (χ2n) is 4.40. The Morgan fingerprint density at radius 1 is 1.25 bits per heavy atom. The Hall–Kier alpha value is -0.750. The maximum Gasteiger partial charge on any atom is 0.161 e. The molecular weight excluding hydrogens is 362 g/mol. The second kappa shape index (κ2) is 5.93. The molecule has 6 heteroatoms. The number of nitrogens with one attached hydrogen (secondary N) is 1. The first kappa shape index (κ1) is 14.2. The number of ether oxygens (including phenoxy) is 2. The summed E-state index contributed by atoms with van der Waals surface area (Å²) in [5.41, 5.74) is 1.13. The molecule has 106 valence electrons. The van der Waals surface area contributed by atoms with Crippen LogP contribution >= 0.6 is 38.9 Å². The van der Waals surface area contributed by atoms with Crippen molar-refractivity contribution in [1.82, 2.24) is 5.32 Å². The van der Waals surface area contributed by atoms with Gasteiger partial charge in [-0.15, -0.1) is 11.3 Å². The van der Waals surface area contributed by atoms with Gasteiger partial charge in [-0.3, -0.25) is 0 Å². The minimum absolute atomic E-state index is 0.0830. The van der Waals surface area contributed by atoms with Crippen LogP contribution in [0.4, 0.5) is 0 Å². The zero-order valence-corrected chi connectivity index (χ0v) is 13.9. The average Bonchev–Trinajstić information content (AvgIpc) is 2.79. The number of hydrogen-bond acceptors (Lipinski definition) is 4. The minimum Gasteiger partial charge on any atom is -0.486 e. The van der Waals surface area contributed by atoms with E-state index in [2.05, 4.69) is 27.3 Å². The third-order valence-corrected chi connectivity index (χ3v) is 5.68. The highest BCUT2D eigenvalue weighted by Crippen LogP contribution is 2.39. The van der Waals surface area contributed by atoms with E-state index in [1.54, 1.807) is 11.3 Å². The molecule has 3 nitrogen and oxygen atoms in total. The molecule has 0 fully saturated rings. The van der Waals surface area contributed by atoms with Gasteiger partial charge >= 0.3 is 0 Å². The van der Waals surface area contributed by atoms with E-state index in [-0.39, 0.29) is 6.04 Å². The predicted molar refractivity (Wildman–Crippen MR) is 85.4 cm³/mol. The van der Waals surface area contributed by atoms with Crippen molar-refractivity contribution in [3.63, 3.8) is 0 Å². The Bertz CT molecular complexity index is 612. The maximum atomic E-state index is 6.12. The molecule has 1 aromatic heterocycles. The van der Waals surface area contributed by atoms with Crippen LogP contribution in [-0.4, -0.2) is 20.3 Å². The fraction of sp³-hybridized carbons (Fsp3) is 0.286. The van der Waals surface area contributed by atoms with Gasteiger partial charge in [0.2, 0.25) is 0 Å². The third-order valence-electron chi connectivity index (χ3n) is 3.14. The van der Waals surface area contributed by atoms with Crippen molar-refractivity contribution in [2.75, 3.05) is 20.3 Å². The smallest absolute Gasteiger partial charge is 0.161 e. The lowest BCUT2D eigenvalue weighted by Crippen LogP contribution is -2.18. The minimum atomic E-state index is 0.0830. The van der Waals surface area contributed by atoms with Gasteiger partial charge < -0.3 is 14.8 Å². The molecule has 0 spiro atoms. The molecule has 1 atom stereocenters. The molecule has 1 aliphatic rings. The number of benzene rings is 1. The first-order chi connectivity index (χ1) is 9.69. The van der Waals surface area contributed by atoms with Crippen molar-refractivity contribution in [3.8, 4) is 11.5 Å². The first-order valence-electron chi connectivity index (χ1n) is 6.20. The molecule has 1 unspecified atom stereocenters. The Balaban J connectivity index is 1.96. The Kier molecular flexibility index (Phi) is 4.21. The van der Waals surface area contributed by atoms with E-state index in [1.807, 2.05) is 25.2 Å². The maximum absolute atomic E-state index is 6.12. The van der Waals surface area contributed by atoms with Gasteiger partial charge in [0.1, 0.15) is 13.2 Å². The molecule has 0 bridgehead atoms. The van der Waals surface area contributed by atoms with Crippen LogP contribution in [0, 0.1) is 0 Å². The topological polar surface area (TPSA) is 30.5 Å². The van der Waals surface area contributed by atoms with Gasteiger partial charge in [0.15, 0.2) is 11.5 Å². The molecule has 20 heavy (non-hydrogen) atoms. The summed E-state index contributed by atoms with van der Waals surface area (Å²) in [6, 6.07) is 8.10. The van der Waals surface area contributed by atoms with E-state index in [0.717, 1.165) is 30.7 Å². The number of halogens is 2. The van der Waals surface area contributed by atoms with Crippen LogP contribution in [0.2, 0.25) is 5.02 Å². The highest BCUT2D eigenvalue weighted by atomic mass is 79.9. The van der Waals surface area contributed by atoms with E-state index in [1.165, 1.54) is 0 Å². The normalized spacial score (nSPS) is 15.2. The molecule has 0 amide bonds. The van der Waals surface area contributed by atoms with Crippen LogP contribution in [0.3, 0.4) is 0 Å². The second-order valence-corrected chi connectivity index (χ2v) is 7.20. The lowest BCUT2D eigenvalue weighted by atomic mass is 10.0. The third kappa shape index (κ3) is 2.68. The molecule has 1 aliphatic heterocycles. The number of rotatable bonds is 3. The van der Waals surface area contributed by atoms with Crippen LogP contribution in [-0.2, 0) is 0 Å². The number of thiophene rings is 1. The quantitative estimate of drug-likeness (QED) is 0.871. The predicted octanol–water partition coefficient (Wildman–Crippen LogP) is 4.24. The van der Waals surface area contributed by atoms with Gasteiger partial charge in [0, 0.05) is 4.88 Å². The highest BCUT2D eigenvalue weighted by Gasteiger charge is 2.19. The standard InChI is InChI=1S/C14H13BrClNO2S/c1-17-13(12-7-9(16)14(15)20-12)8-2-3-10-11(6-8)19-5-4-18-10/h2-3,6-7,13,17H,4-5H2,1H3. The van der Waals surface area contributed by atoms with Gasteiger partial charge in [-0.1, -0.05) is 17.7 Å². The van der Waals surface area contributed by atoms with Gasteiger partial charge in [0.05, 0.1) is 14.9 Å². The zero-order chi connectivity index (χ0) is 14.1.